The third kappa shape index (κ3) is 4.82. The molecule has 3 heteroatoms. The SMILES string of the molecule is Cc1ccc(NCCCC(C)(C)C#N)cc1N(C)C. The maximum Gasteiger partial charge on any atom is 0.0683 e. The maximum absolute atomic E-state index is 8.96. The van der Waals surface area contributed by atoms with Gasteiger partial charge in [-0.25, -0.2) is 0 Å². The lowest BCUT2D eigenvalue weighted by atomic mass is 9.90. The van der Waals surface area contributed by atoms with Crippen LogP contribution < -0.4 is 10.2 Å². The van der Waals surface area contributed by atoms with E-state index in [1.165, 1.54) is 11.3 Å². The molecule has 0 atom stereocenters. The molecule has 1 N–H and O–H groups in total. The standard InChI is InChI=1S/C16H25N3/c1-13-7-8-14(11-15(13)19(4)5)18-10-6-9-16(2,3)12-17/h7-8,11,18H,6,9-10H2,1-5H3. The van der Waals surface area contributed by atoms with Gasteiger partial charge < -0.3 is 10.2 Å². The Morgan fingerprint density at radius 2 is 2.00 bits per heavy atom. The zero-order valence-electron chi connectivity index (χ0n) is 12.7. The van der Waals surface area contributed by atoms with Crippen LogP contribution in [0.1, 0.15) is 32.3 Å². The average Bonchev–Trinajstić information content (AvgIpc) is 2.36. The minimum Gasteiger partial charge on any atom is -0.385 e. The van der Waals surface area contributed by atoms with Crippen LogP contribution in [0.2, 0.25) is 0 Å². The van der Waals surface area contributed by atoms with Crippen LogP contribution in [0.25, 0.3) is 0 Å². The van der Waals surface area contributed by atoms with Crippen LogP contribution in [0, 0.1) is 23.7 Å². The van der Waals surface area contributed by atoms with E-state index in [1.807, 2.05) is 13.8 Å². The Labute approximate surface area is 117 Å². The molecule has 0 aliphatic carbocycles. The Morgan fingerprint density at radius 3 is 2.58 bits per heavy atom. The summed E-state index contributed by atoms with van der Waals surface area (Å²) < 4.78 is 0. The van der Waals surface area contributed by atoms with Crippen molar-refractivity contribution in [3.8, 4) is 6.07 Å². The van der Waals surface area contributed by atoms with E-state index < -0.39 is 0 Å². The summed E-state index contributed by atoms with van der Waals surface area (Å²) in [6.07, 6.45) is 1.93. The van der Waals surface area contributed by atoms with Crippen molar-refractivity contribution < 1.29 is 0 Å². The Morgan fingerprint density at radius 1 is 1.32 bits per heavy atom. The Kier molecular flexibility index (Phi) is 5.23. The summed E-state index contributed by atoms with van der Waals surface area (Å²) in [7, 11) is 4.11. The highest BCUT2D eigenvalue weighted by atomic mass is 15.1. The summed E-state index contributed by atoms with van der Waals surface area (Å²) in [4.78, 5) is 2.12. The second-order valence-corrected chi connectivity index (χ2v) is 5.92. The molecule has 1 aromatic rings. The van der Waals surface area contributed by atoms with Crippen molar-refractivity contribution >= 4 is 11.4 Å². The lowest BCUT2D eigenvalue weighted by Gasteiger charge is -2.18. The second kappa shape index (κ2) is 6.47. The molecular weight excluding hydrogens is 234 g/mol. The Balaban J connectivity index is 2.51. The zero-order chi connectivity index (χ0) is 14.5. The van der Waals surface area contributed by atoms with Crippen molar-refractivity contribution in [1.29, 1.82) is 5.26 Å². The van der Waals surface area contributed by atoms with Gasteiger partial charge in [0.15, 0.2) is 0 Å². The average molecular weight is 259 g/mol. The van der Waals surface area contributed by atoms with E-state index in [1.54, 1.807) is 0 Å². The molecule has 0 radical (unpaired) electrons. The highest BCUT2D eigenvalue weighted by Gasteiger charge is 2.15. The Hall–Kier alpha value is -1.69. The predicted octanol–water partition coefficient (Wildman–Crippen LogP) is 3.80. The third-order valence-corrected chi connectivity index (χ3v) is 3.30. The molecule has 0 bridgehead atoms. The molecule has 0 aliphatic rings. The summed E-state index contributed by atoms with van der Waals surface area (Å²) in [6.45, 7) is 7.00. The summed E-state index contributed by atoms with van der Waals surface area (Å²) in [6, 6.07) is 8.75. The van der Waals surface area contributed by atoms with E-state index in [2.05, 4.69) is 55.5 Å². The van der Waals surface area contributed by atoms with Gasteiger partial charge in [-0.3, -0.25) is 0 Å². The largest absolute Gasteiger partial charge is 0.385 e. The van der Waals surface area contributed by atoms with Crippen molar-refractivity contribution in [2.45, 2.75) is 33.6 Å². The van der Waals surface area contributed by atoms with Gasteiger partial charge in [-0.1, -0.05) is 6.07 Å². The van der Waals surface area contributed by atoms with Crippen LogP contribution in [0.5, 0.6) is 0 Å². The fourth-order valence-electron chi connectivity index (χ4n) is 2.02. The summed E-state index contributed by atoms with van der Waals surface area (Å²) >= 11 is 0. The van der Waals surface area contributed by atoms with Gasteiger partial charge in [0.1, 0.15) is 0 Å². The number of rotatable bonds is 6. The van der Waals surface area contributed by atoms with E-state index >= 15 is 0 Å². The molecule has 19 heavy (non-hydrogen) atoms. The highest BCUT2D eigenvalue weighted by molar-refractivity contribution is 5.61. The van der Waals surface area contributed by atoms with Gasteiger partial charge in [0.25, 0.3) is 0 Å². The van der Waals surface area contributed by atoms with Crippen molar-refractivity contribution in [1.82, 2.24) is 0 Å². The minimum atomic E-state index is -0.218. The fourth-order valence-corrected chi connectivity index (χ4v) is 2.02. The first-order valence-electron chi connectivity index (χ1n) is 6.79. The van der Waals surface area contributed by atoms with Gasteiger partial charge in [0, 0.05) is 32.0 Å². The summed E-state index contributed by atoms with van der Waals surface area (Å²) in [5.41, 5.74) is 3.44. The molecule has 3 nitrogen and oxygen atoms in total. The van der Waals surface area contributed by atoms with E-state index in [-0.39, 0.29) is 5.41 Å². The number of nitrogens with zero attached hydrogens (tertiary/aromatic N) is 2. The number of hydrogen-bond donors (Lipinski definition) is 1. The van der Waals surface area contributed by atoms with Gasteiger partial charge in [0.05, 0.1) is 11.5 Å². The van der Waals surface area contributed by atoms with Crippen molar-refractivity contribution in [3.05, 3.63) is 23.8 Å². The van der Waals surface area contributed by atoms with E-state index in [0.717, 1.165) is 25.1 Å². The molecule has 0 saturated carbocycles. The summed E-state index contributed by atoms with van der Waals surface area (Å²) in [5.74, 6) is 0. The smallest absolute Gasteiger partial charge is 0.0683 e. The number of hydrogen-bond acceptors (Lipinski definition) is 3. The van der Waals surface area contributed by atoms with Crippen molar-refractivity contribution in [3.63, 3.8) is 0 Å². The first-order valence-corrected chi connectivity index (χ1v) is 6.79. The molecule has 1 rings (SSSR count). The molecule has 104 valence electrons. The molecule has 1 aromatic carbocycles. The van der Waals surface area contributed by atoms with Crippen LogP contribution in [0.4, 0.5) is 11.4 Å². The molecule has 0 fully saturated rings. The normalized spacial score (nSPS) is 10.9. The van der Waals surface area contributed by atoms with E-state index in [9.17, 15) is 0 Å². The maximum atomic E-state index is 8.96. The zero-order valence-corrected chi connectivity index (χ0v) is 12.7. The molecule has 0 aromatic heterocycles. The molecule has 0 saturated heterocycles. The van der Waals surface area contributed by atoms with Gasteiger partial charge in [-0.05, 0) is 51.3 Å². The molecule has 0 unspecified atom stereocenters. The quantitative estimate of drug-likeness (QED) is 0.790. The monoisotopic (exact) mass is 259 g/mol. The van der Waals surface area contributed by atoms with Crippen LogP contribution in [-0.2, 0) is 0 Å². The minimum absolute atomic E-state index is 0.218. The number of nitriles is 1. The summed E-state index contributed by atoms with van der Waals surface area (Å²) in [5, 5.41) is 12.4. The Bertz CT molecular complexity index is 456. The second-order valence-electron chi connectivity index (χ2n) is 5.92. The van der Waals surface area contributed by atoms with Crippen LogP contribution in [0.15, 0.2) is 18.2 Å². The predicted molar refractivity (Wildman–Crippen MR) is 82.6 cm³/mol. The first kappa shape index (κ1) is 15.4. The lowest BCUT2D eigenvalue weighted by Crippen LogP contribution is -2.12. The van der Waals surface area contributed by atoms with Crippen LogP contribution in [-0.4, -0.2) is 20.6 Å². The highest BCUT2D eigenvalue weighted by Crippen LogP contribution is 2.23. The molecule has 0 amide bonds. The van der Waals surface area contributed by atoms with Gasteiger partial charge >= 0.3 is 0 Å². The lowest BCUT2D eigenvalue weighted by molar-refractivity contribution is 0.441. The van der Waals surface area contributed by atoms with Gasteiger partial charge in [-0.15, -0.1) is 0 Å². The van der Waals surface area contributed by atoms with Crippen LogP contribution >= 0.6 is 0 Å². The van der Waals surface area contributed by atoms with E-state index in [0.29, 0.717) is 0 Å². The number of anilines is 2. The van der Waals surface area contributed by atoms with E-state index in [4.69, 9.17) is 5.26 Å². The number of benzene rings is 1. The first-order chi connectivity index (χ1) is 8.85. The number of aryl methyl sites for hydroxylation is 1. The topological polar surface area (TPSA) is 39.1 Å². The molecule has 0 heterocycles. The third-order valence-electron chi connectivity index (χ3n) is 3.30. The fraction of sp³-hybridized carbons (Fsp3) is 0.562. The van der Waals surface area contributed by atoms with Crippen molar-refractivity contribution in [2.24, 2.45) is 5.41 Å². The molecule has 0 aliphatic heterocycles. The molecular formula is C16H25N3. The van der Waals surface area contributed by atoms with Crippen LogP contribution in [0.3, 0.4) is 0 Å². The molecule has 0 spiro atoms. The van der Waals surface area contributed by atoms with Gasteiger partial charge in [-0.2, -0.15) is 5.26 Å². The van der Waals surface area contributed by atoms with Gasteiger partial charge in [0.2, 0.25) is 0 Å². The number of nitrogens with one attached hydrogen (secondary N) is 1. The van der Waals surface area contributed by atoms with Crippen molar-refractivity contribution in [2.75, 3.05) is 30.9 Å².